The Hall–Kier alpha value is -1.18. The summed E-state index contributed by atoms with van der Waals surface area (Å²) < 4.78 is 12.2. The average molecular weight is 346 g/mol. The van der Waals surface area contributed by atoms with Gasteiger partial charge in [-0.1, -0.05) is 0 Å². The molecule has 1 aliphatic heterocycles. The lowest BCUT2D eigenvalue weighted by molar-refractivity contribution is -0.0374. The van der Waals surface area contributed by atoms with Crippen molar-refractivity contribution in [3.8, 4) is 5.75 Å². The molecule has 0 spiro atoms. The van der Waals surface area contributed by atoms with Crippen molar-refractivity contribution in [2.45, 2.75) is 19.9 Å². The molecule has 1 atom stereocenters. The predicted octanol–water partition coefficient (Wildman–Crippen LogP) is 1.18. The summed E-state index contributed by atoms with van der Waals surface area (Å²) in [5.41, 5.74) is -0.855. The van der Waals surface area contributed by atoms with Gasteiger partial charge in [-0.15, -0.1) is 0 Å². The maximum atomic E-state index is 12.7. The number of aliphatic hydroxyl groups excluding tert-OH is 1. The van der Waals surface area contributed by atoms with Gasteiger partial charge in [0.1, 0.15) is 12.5 Å². The third-order valence-electron chi connectivity index (χ3n) is 3.58. The van der Waals surface area contributed by atoms with Gasteiger partial charge in [-0.3, -0.25) is 9.59 Å². The fourth-order valence-corrected chi connectivity index (χ4v) is 2.81. The van der Waals surface area contributed by atoms with Gasteiger partial charge in [0.25, 0.3) is 0 Å². The lowest BCUT2D eigenvalue weighted by Gasteiger charge is -2.34. The van der Waals surface area contributed by atoms with E-state index in [4.69, 9.17) is 14.6 Å². The molecule has 6 nitrogen and oxygen atoms in total. The van der Waals surface area contributed by atoms with Gasteiger partial charge in [0.2, 0.25) is 5.43 Å². The van der Waals surface area contributed by atoms with Crippen molar-refractivity contribution in [3.05, 3.63) is 26.6 Å². The predicted molar refractivity (Wildman–Crippen MR) is 75.0 cm³/mol. The Morgan fingerprint density at radius 3 is 2.80 bits per heavy atom. The van der Waals surface area contributed by atoms with E-state index in [9.17, 15) is 9.59 Å². The molecule has 20 heavy (non-hydrogen) atoms. The van der Waals surface area contributed by atoms with Crippen molar-refractivity contribution >= 4 is 21.7 Å². The number of aliphatic hydroxyl groups is 1. The molecule has 1 aromatic heterocycles. The molecule has 0 aromatic carbocycles. The highest BCUT2D eigenvalue weighted by Crippen LogP contribution is 2.35. The molecule has 0 bridgehead atoms. The second-order valence-corrected chi connectivity index (χ2v) is 5.85. The van der Waals surface area contributed by atoms with Crippen molar-refractivity contribution in [1.29, 1.82) is 0 Å². The fraction of sp³-hybridized carbons (Fsp3) is 0.538. The van der Waals surface area contributed by atoms with Crippen LogP contribution in [0.2, 0.25) is 0 Å². The Balaban J connectivity index is 2.53. The van der Waals surface area contributed by atoms with Gasteiger partial charge in [0, 0.05) is 12.7 Å². The van der Waals surface area contributed by atoms with Crippen molar-refractivity contribution in [2.24, 2.45) is 5.41 Å². The Labute approximate surface area is 124 Å². The molecule has 2 heterocycles. The Bertz CT molecular complexity index is 597. The van der Waals surface area contributed by atoms with Crippen molar-refractivity contribution in [2.75, 3.05) is 20.5 Å². The van der Waals surface area contributed by atoms with Crippen LogP contribution in [-0.2, 0) is 11.3 Å². The van der Waals surface area contributed by atoms with Crippen LogP contribution in [0.3, 0.4) is 0 Å². The Morgan fingerprint density at radius 1 is 1.50 bits per heavy atom. The van der Waals surface area contributed by atoms with Gasteiger partial charge in [-0.25, -0.2) is 0 Å². The van der Waals surface area contributed by atoms with Crippen LogP contribution < -0.4 is 10.2 Å². The molecule has 0 radical (unpaired) electrons. The zero-order chi connectivity index (χ0) is 14.9. The summed E-state index contributed by atoms with van der Waals surface area (Å²) in [7, 11) is 1.37. The van der Waals surface area contributed by atoms with E-state index in [1.54, 1.807) is 17.7 Å². The van der Waals surface area contributed by atoms with Gasteiger partial charge in [0.15, 0.2) is 11.5 Å². The average Bonchev–Trinajstić information content (AvgIpc) is 2.43. The maximum Gasteiger partial charge on any atom is 0.238 e. The summed E-state index contributed by atoms with van der Waals surface area (Å²) in [5.74, 6) is -0.169. The smallest absolute Gasteiger partial charge is 0.238 e. The van der Waals surface area contributed by atoms with Gasteiger partial charge in [-0.05, 0) is 29.3 Å². The number of hydrogen-bond donors (Lipinski definition) is 1. The molecule has 0 amide bonds. The third-order valence-corrected chi connectivity index (χ3v) is 4.14. The summed E-state index contributed by atoms with van der Waals surface area (Å²) >= 11 is 3.17. The first-order valence-corrected chi connectivity index (χ1v) is 6.94. The number of halogens is 1. The summed E-state index contributed by atoms with van der Waals surface area (Å²) in [6.45, 7) is 2.00. The monoisotopic (exact) mass is 345 g/mol. The zero-order valence-corrected chi connectivity index (χ0v) is 12.9. The minimum Gasteiger partial charge on any atom is -0.491 e. The molecule has 1 N–H and O–H groups in total. The number of ketones is 1. The van der Waals surface area contributed by atoms with E-state index in [1.807, 2.05) is 0 Å². The number of fused-ring (bicyclic) bond motifs is 1. The number of carbonyl (C=O) groups excluding carboxylic acids is 1. The molecule has 1 unspecified atom stereocenters. The third kappa shape index (κ3) is 2.41. The number of carbonyl (C=O) groups is 1. The molecule has 0 saturated heterocycles. The molecule has 2 rings (SSSR count). The molecule has 7 heteroatoms. The quantitative estimate of drug-likeness (QED) is 0.829. The molecule has 110 valence electrons. The molecule has 1 aromatic rings. The number of pyridine rings is 1. The van der Waals surface area contributed by atoms with E-state index in [0.29, 0.717) is 17.4 Å². The summed E-state index contributed by atoms with van der Waals surface area (Å²) in [5, 5.41) is 8.75. The number of rotatable bonds is 4. The first kappa shape index (κ1) is 15.2. The largest absolute Gasteiger partial charge is 0.491 e. The molecule has 0 saturated carbocycles. The first-order chi connectivity index (χ1) is 9.44. The van der Waals surface area contributed by atoms with Crippen LogP contribution >= 0.6 is 15.9 Å². The Kier molecular flexibility index (Phi) is 4.31. The van der Waals surface area contributed by atoms with Gasteiger partial charge in [-0.2, -0.15) is 0 Å². The Morgan fingerprint density at radius 2 is 2.20 bits per heavy atom. The molecule has 0 aliphatic carbocycles. The molecule has 1 aliphatic rings. The van der Waals surface area contributed by atoms with E-state index < -0.39 is 12.2 Å². The first-order valence-electron chi connectivity index (χ1n) is 6.15. The van der Waals surface area contributed by atoms with Crippen LogP contribution in [0.4, 0.5) is 0 Å². The molecule has 0 fully saturated rings. The molecular formula is C13H16BrNO5. The standard InChI is InChI=1S/C13H16BrNO5/c1-13(6-20-7-16)3-4-15-5-8(14)10(17)11(19-2)9(15)12(13)18/h5,16H,3-4,6-7H2,1-2H3. The van der Waals surface area contributed by atoms with Crippen LogP contribution in [0, 0.1) is 5.41 Å². The zero-order valence-electron chi connectivity index (χ0n) is 11.3. The van der Waals surface area contributed by atoms with Crippen molar-refractivity contribution < 1.29 is 19.4 Å². The highest BCUT2D eigenvalue weighted by atomic mass is 79.9. The van der Waals surface area contributed by atoms with Gasteiger partial charge >= 0.3 is 0 Å². The summed E-state index contributed by atoms with van der Waals surface area (Å²) in [6, 6.07) is 0. The van der Waals surface area contributed by atoms with Crippen LogP contribution in [0.5, 0.6) is 5.75 Å². The number of aryl methyl sites for hydroxylation is 1. The van der Waals surface area contributed by atoms with Crippen molar-refractivity contribution in [1.82, 2.24) is 4.57 Å². The second-order valence-electron chi connectivity index (χ2n) is 5.00. The van der Waals surface area contributed by atoms with Crippen LogP contribution in [0.25, 0.3) is 0 Å². The van der Waals surface area contributed by atoms with E-state index in [0.717, 1.165) is 0 Å². The van der Waals surface area contributed by atoms with Crippen LogP contribution in [0.15, 0.2) is 15.5 Å². The second kappa shape index (κ2) is 5.67. The van der Waals surface area contributed by atoms with E-state index in [-0.39, 0.29) is 29.3 Å². The molecular weight excluding hydrogens is 330 g/mol. The number of aromatic nitrogens is 1. The van der Waals surface area contributed by atoms with E-state index >= 15 is 0 Å². The van der Waals surface area contributed by atoms with Crippen molar-refractivity contribution in [3.63, 3.8) is 0 Å². The SMILES string of the molecule is COc1c2n(cc(Br)c1=O)CCC(C)(COCO)C2=O. The lowest BCUT2D eigenvalue weighted by Crippen LogP contribution is -2.41. The minimum absolute atomic E-state index is 0.0410. The number of methoxy groups -OCH3 is 1. The number of nitrogens with zero attached hydrogens (tertiary/aromatic N) is 1. The maximum absolute atomic E-state index is 12.7. The van der Waals surface area contributed by atoms with E-state index in [2.05, 4.69) is 15.9 Å². The number of Topliss-reactive ketones (excluding diaryl/α,β-unsaturated/α-hetero) is 1. The summed E-state index contributed by atoms with van der Waals surface area (Å²) in [6.07, 6.45) is 2.17. The van der Waals surface area contributed by atoms with Crippen LogP contribution in [0.1, 0.15) is 23.8 Å². The number of hydrogen-bond acceptors (Lipinski definition) is 5. The fourth-order valence-electron chi connectivity index (χ4n) is 2.38. The highest BCUT2D eigenvalue weighted by molar-refractivity contribution is 9.10. The van der Waals surface area contributed by atoms with Crippen LogP contribution in [-0.4, -0.2) is 36.0 Å². The topological polar surface area (TPSA) is 77.8 Å². The number of ether oxygens (including phenoxy) is 2. The summed E-state index contributed by atoms with van der Waals surface area (Å²) in [4.78, 5) is 24.7. The lowest BCUT2D eigenvalue weighted by atomic mass is 9.78. The minimum atomic E-state index is -0.768. The van der Waals surface area contributed by atoms with Gasteiger partial charge in [0.05, 0.1) is 23.6 Å². The van der Waals surface area contributed by atoms with Gasteiger partial charge < -0.3 is 19.1 Å². The highest BCUT2D eigenvalue weighted by Gasteiger charge is 2.41. The normalized spacial score (nSPS) is 21.7. The van der Waals surface area contributed by atoms with E-state index in [1.165, 1.54) is 7.11 Å².